The lowest BCUT2D eigenvalue weighted by atomic mass is 10.1. The van der Waals surface area contributed by atoms with Gasteiger partial charge in [-0.25, -0.2) is 0 Å². The second-order valence-corrected chi connectivity index (χ2v) is 7.31. The number of aromatic nitrogens is 3. The van der Waals surface area contributed by atoms with E-state index in [4.69, 9.17) is 0 Å². The predicted molar refractivity (Wildman–Crippen MR) is 113 cm³/mol. The maximum atomic E-state index is 4.68. The third-order valence-electron chi connectivity index (χ3n) is 5.25. The molecule has 1 aromatic heterocycles. The molecule has 1 N–H and O–H groups in total. The molecule has 0 aliphatic carbocycles. The highest BCUT2D eigenvalue weighted by atomic mass is 15.3. The molecule has 1 aliphatic heterocycles. The minimum atomic E-state index is 0.535. The molecule has 0 spiro atoms. The number of aryl methyl sites for hydroxylation is 2. The van der Waals surface area contributed by atoms with E-state index in [9.17, 15) is 0 Å². The van der Waals surface area contributed by atoms with Crippen molar-refractivity contribution in [1.29, 1.82) is 0 Å². The average molecular weight is 374 g/mol. The molecule has 0 bridgehead atoms. The van der Waals surface area contributed by atoms with E-state index in [0.29, 0.717) is 5.95 Å². The summed E-state index contributed by atoms with van der Waals surface area (Å²) in [6.07, 6.45) is 1.75. The molecule has 1 fully saturated rings. The van der Waals surface area contributed by atoms with Crippen LogP contribution in [0.1, 0.15) is 16.7 Å². The topological polar surface area (TPSA) is 57.2 Å². The summed E-state index contributed by atoms with van der Waals surface area (Å²) in [6.45, 7) is 9.11. The van der Waals surface area contributed by atoms with E-state index >= 15 is 0 Å². The summed E-state index contributed by atoms with van der Waals surface area (Å²) in [4.78, 5) is 9.44. The van der Waals surface area contributed by atoms with Gasteiger partial charge >= 0.3 is 0 Å². The van der Waals surface area contributed by atoms with Crippen LogP contribution in [-0.2, 0) is 6.54 Å². The number of piperazine rings is 1. The van der Waals surface area contributed by atoms with Gasteiger partial charge in [-0.05, 0) is 42.7 Å². The van der Waals surface area contributed by atoms with Gasteiger partial charge in [0.15, 0.2) is 5.82 Å². The Hall–Kier alpha value is -2.99. The zero-order chi connectivity index (χ0) is 19.3. The van der Waals surface area contributed by atoms with Crippen molar-refractivity contribution in [2.75, 3.05) is 36.4 Å². The van der Waals surface area contributed by atoms with Crippen molar-refractivity contribution >= 4 is 17.5 Å². The SMILES string of the molecule is Cc1ccc(Nc2nncc(N3CCN(Cc4ccccc4)CC3)n2)cc1C. The third-order valence-corrected chi connectivity index (χ3v) is 5.25. The number of anilines is 3. The minimum absolute atomic E-state index is 0.535. The molecule has 28 heavy (non-hydrogen) atoms. The first kappa shape index (κ1) is 18.4. The molecule has 0 saturated carbocycles. The standard InChI is InChI=1S/C22H26N6/c1-17-8-9-20(14-18(17)2)24-22-25-21(15-23-26-22)28-12-10-27(11-13-28)16-19-6-4-3-5-7-19/h3-9,14-15H,10-13,16H2,1-2H3,(H,24,25,26). The van der Waals surface area contributed by atoms with E-state index in [-0.39, 0.29) is 0 Å². The Kier molecular flexibility index (Phi) is 5.48. The lowest BCUT2D eigenvalue weighted by Gasteiger charge is -2.35. The van der Waals surface area contributed by atoms with Crippen molar-refractivity contribution in [3.8, 4) is 0 Å². The van der Waals surface area contributed by atoms with E-state index in [1.807, 2.05) is 6.07 Å². The van der Waals surface area contributed by atoms with Crippen LogP contribution in [0.2, 0.25) is 0 Å². The van der Waals surface area contributed by atoms with Gasteiger partial charge < -0.3 is 10.2 Å². The quantitative estimate of drug-likeness (QED) is 0.737. The first-order valence-corrected chi connectivity index (χ1v) is 9.72. The molecule has 1 aliphatic rings. The molecule has 0 atom stereocenters. The van der Waals surface area contributed by atoms with Crippen molar-refractivity contribution < 1.29 is 0 Å². The van der Waals surface area contributed by atoms with Gasteiger partial charge in [0, 0.05) is 38.4 Å². The highest BCUT2D eigenvalue weighted by Gasteiger charge is 2.19. The van der Waals surface area contributed by atoms with Gasteiger partial charge in [0.2, 0.25) is 5.95 Å². The summed E-state index contributed by atoms with van der Waals surface area (Å²) >= 11 is 0. The number of benzene rings is 2. The number of nitrogens with one attached hydrogen (secondary N) is 1. The van der Waals surface area contributed by atoms with Crippen LogP contribution in [0.25, 0.3) is 0 Å². The summed E-state index contributed by atoms with van der Waals surface area (Å²) in [5.74, 6) is 1.41. The smallest absolute Gasteiger partial charge is 0.249 e. The maximum Gasteiger partial charge on any atom is 0.249 e. The molecule has 2 aromatic carbocycles. The Bertz CT molecular complexity index is 919. The van der Waals surface area contributed by atoms with Crippen LogP contribution in [-0.4, -0.2) is 46.3 Å². The average Bonchev–Trinajstić information content (AvgIpc) is 2.72. The maximum absolute atomic E-state index is 4.68. The highest BCUT2D eigenvalue weighted by Crippen LogP contribution is 2.19. The van der Waals surface area contributed by atoms with Gasteiger partial charge in [0.1, 0.15) is 0 Å². The first-order valence-electron chi connectivity index (χ1n) is 9.72. The fraction of sp³-hybridized carbons (Fsp3) is 0.318. The van der Waals surface area contributed by atoms with Crippen LogP contribution in [0.5, 0.6) is 0 Å². The third kappa shape index (κ3) is 4.46. The van der Waals surface area contributed by atoms with Crippen LogP contribution in [0.15, 0.2) is 54.7 Å². The molecule has 144 valence electrons. The molecule has 3 aromatic rings. The second kappa shape index (κ2) is 8.35. The van der Waals surface area contributed by atoms with Crippen LogP contribution in [0.4, 0.5) is 17.5 Å². The molecule has 4 rings (SSSR count). The molecule has 6 heteroatoms. The highest BCUT2D eigenvalue weighted by molar-refractivity contribution is 5.56. The molecule has 0 radical (unpaired) electrons. The molecule has 2 heterocycles. The molecule has 6 nitrogen and oxygen atoms in total. The second-order valence-electron chi connectivity index (χ2n) is 7.31. The summed E-state index contributed by atoms with van der Waals surface area (Å²) in [5.41, 5.74) is 4.85. The van der Waals surface area contributed by atoms with E-state index < -0.39 is 0 Å². The van der Waals surface area contributed by atoms with Gasteiger partial charge in [-0.15, -0.1) is 5.10 Å². The molecular weight excluding hydrogens is 348 g/mol. The van der Waals surface area contributed by atoms with Gasteiger partial charge in [0.25, 0.3) is 0 Å². The molecular formula is C22H26N6. The van der Waals surface area contributed by atoms with E-state index in [0.717, 1.165) is 44.2 Å². The Balaban J connectivity index is 1.37. The lowest BCUT2D eigenvalue weighted by molar-refractivity contribution is 0.249. The number of hydrogen-bond donors (Lipinski definition) is 1. The minimum Gasteiger partial charge on any atom is -0.353 e. The van der Waals surface area contributed by atoms with E-state index in [1.54, 1.807) is 6.20 Å². The molecule has 1 saturated heterocycles. The van der Waals surface area contributed by atoms with Crippen molar-refractivity contribution in [2.24, 2.45) is 0 Å². The molecule has 0 amide bonds. The monoisotopic (exact) mass is 374 g/mol. The first-order chi connectivity index (χ1) is 13.7. The van der Waals surface area contributed by atoms with Crippen LogP contribution < -0.4 is 10.2 Å². The summed E-state index contributed by atoms with van der Waals surface area (Å²) in [5, 5.41) is 11.6. The lowest BCUT2D eigenvalue weighted by Crippen LogP contribution is -2.46. The molecule has 0 unspecified atom stereocenters. The zero-order valence-electron chi connectivity index (χ0n) is 16.5. The van der Waals surface area contributed by atoms with Crippen molar-refractivity contribution in [2.45, 2.75) is 20.4 Å². The van der Waals surface area contributed by atoms with Gasteiger partial charge in [0.05, 0.1) is 6.20 Å². The van der Waals surface area contributed by atoms with Gasteiger partial charge in [-0.3, -0.25) is 4.90 Å². The Morgan fingerprint density at radius 2 is 1.71 bits per heavy atom. The van der Waals surface area contributed by atoms with Gasteiger partial charge in [-0.2, -0.15) is 10.1 Å². The van der Waals surface area contributed by atoms with E-state index in [1.165, 1.54) is 16.7 Å². The number of rotatable bonds is 5. The fourth-order valence-electron chi connectivity index (χ4n) is 3.43. The normalized spacial score (nSPS) is 14.9. The number of nitrogens with zero attached hydrogens (tertiary/aromatic N) is 5. The summed E-state index contributed by atoms with van der Waals surface area (Å²) < 4.78 is 0. The largest absolute Gasteiger partial charge is 0.353 e. The van der Waals surface area contributed by atoms with Crippen molar-refractivity contribution in [1.82, 2.24) is 20.1 Å². The van der Waals surface area contributed by atoms with Crippen LogP contribution in [0.3, 0.4) is 0 Å². The zero-order valence-corrected chi connectivity index (χ0v) is 16.5. The van der Waals surface area contributed by atoms with Crippen molar-refractivity contribution in [3.63, 3.8) is 0 Å². The van der Waals surface area contributed by atoms with Gasteiger partial charge in [-0.1, -0.05) is 36.4 Å². The van der Waals surface area contributed by atoms with Crippen molar-refractivity contribution in [3.05, 3.63) is 71.4 Å². The number of hydrogen-bond acceptors (Lipinski definition) is 6. The fourth-order valence-corrected chi connectivity index (χ4v) is 3.43. The van der Waals surface area contributed by atoms with Crippen LogP contribution >= 0.6 is 0 Å². The van der Waals surface area contributed by atoms with Crippen LogP contribution in [0, 0.1) is 13.8 Å². The summed E-state index contributed by atoms with van der Waals surface area (Å²) in [7, 11) is 0. The Labute approximate surface area is 166 Å². The van der Waals surface area contributed by atoms with E-state index in [2.05, 4.69) is 86.6 Å². The Morgan fingerprint density at radius 3 is 2.46 bits per heavy atom. The Morgan fingerprint density at radius 1 is 0.929 bits per heavy atom. The predicted octanol–water partition coefficient (Wildman–Crippen LogP) is 3.55. The summed E-state index contributed by atoms with van der Waals surface area (Å²) in [6, 6.07) is 16.9.